The number of rotatable bonds is 7. The summed E-state index contributed by atoms with van der Waals surface area (Å²) >= 11 is 0. The molecule has 0 bridgehead atoms. The molecule has 27 heavy (non-hydrogen) atoms. The Kier molecular flexibility index (Phi) is 8.21. The lowest BCUT2D eigenvalue weighted by molar-refractivity contribution is -0.181. The third kappa shape index (κ3) is 6.24. The molecule has 1 aliphatic heterocycles. The van der Waals surface area contributed by atoms with Crippen LogP contribution in [0.2, 0.25) is 0 Å². The van der Waals surface area contributed by atoms with Crippen molar-refractivity contribution in [3.8, 4) is 0 Å². The van der Waals surface area contributed by atoms with E-state index in [0.717, 1.165) is 32.1 Å². The third-order valence-corrected chi connectivity index (χ3v) is 6.11. The van der Waals surface area contributed by atoms with Crippen LogP contribution in [0.3, 0.4) is 0 Å². The van der Waals surface area contributed by atoms with Crippen molar-refractivity contribution in [1.29, 1.82) is 0 Å². The molecule has 1 unspecified atom stereocenters. The zero-order valence-electron chi connectivity index (χ0n) is 16.9. The number of hydrogen-bond acceptors (Lipinski definition) is 3. The Labute approximate surface area is 161 Å². The Morgan fingerprint density at radius 1 is 1.19 bits per heavy atom. The van der Waals surface area contributed by atoms with E-state index < -0.39 is 12.2 Å². The summed E-state index contributed by atoms with van der Waals surface area (Å²) in [6, 6.07) is -1.39. The first-order chi connectivity index (χ1) is 12.8. The van der Waals surface area contributed by atoms with E-state index in [2.05, 4.69) is 15.2 Å². The van der Waals surface area contributed by atoms with Gasteiger partial charge in [-0.1, -0.05) is 12.8 Å². The minimum atomic E-state index is -4.17. The Morgan fingerprint density at radius 2 is 1.81 bits per heavy atom. The van der Waals surface area contributed by atoms with E-state index in [1.165, 1.54) is 37.5 Å². The second kappa shape index (κ2) is 9.96. The molecule has 158 valence electrons. The SMILES string of the molecule is CCOCCC1(CNC(=NC)N2CCN(C(C)C(F)(F)F)CC2)CCCC1. The maximum absolute atomic E-state index is 12.9. The van der Waals surface area contributed by atoms with Crippen LogP contribution >= 0.6 is 0 Å². The summed E-state index contributed by atoms with van der Waals surface area (Å²) < 4.78 is 44.3. The molecule has 2 aliphatic rings. The van der Waals surface area contributed by atoms with E-state index in [1.807, 2.05) is 6.92 Å². The molecule has 1 saturated carbocycles. The number of piperazine rings is 1. The molecule has 0 amide bonds. The molecule has 1 heterocycles. The Hall–Kier alpha value is -1.02. The topological polar surface area (TPSA) is 40.1 Å². The fourth-order valence-corrected chi connectivity index (χ4v) is 4.20. The van der Waals surface area contributed by atoms with Gasteiger partial charge >= 0.3 is 6.18 Å². The van der Waals surface area contributed by atoms with Gasteiger partial charge in [0.2, 0.25) is 0 Å². The summed E-state index contributed by atoms with van der Waals surface area (Å²) in [6.45, 7) is 7.56. The van der Waals surface area contributed by atoms with E-state index >= 15 is 0 Å². The fourth-order valence-electron chi connectivity index (χ4n) is 4.20. The monoisotopic (exact) mass is 392 g/mol. The molecule has 0 spiro atoms. The van der Waals surface area contributed by atoms with Crippen LogP contribution in [-0.4, -0.2) is 81.0 Å². The van der Waals surface area contributed by atoms with Crippen LogP contribution in [-0.2, 0) is 4.74 Å². The van der Waals surface area contributed by atoms with Crippen LogP contribution < -0.4 is 5.32 Å². The third-order valence-electron chi connectivity index (χ3n) is 6.11. The van der Waals surface area contributed by atoms with Crippen molar-refractivity contribution in [3.05, 3.63) is 0 Å². The van der Waals surface area contributed by atoms with Gasteiger partial charge in [0.25, 0.3) is 0 Å². The molecule has 0 aromatic carbocycles. The lowest BCUT2D eigenvalue weighted by Crippen LogP contribution is -2.57. The van der Waals surface area contributed by atoms with E-state index in [0.29, 0.717) is 26.2 Å². The summed E-state index contributed by atoms with van der Waals surface area (Å²) in [5.41, 5.74) is 0.248. The first-order valence-electron chi connectivity index (χ1n) is 10.2. The quantitative estimate of drug-likeness (QED) is 0.411. The fraction of sp³-hybridized carbons (Fsp3) is 0.947. The van der Waals surface area contributed by atoms with Gasteiger partial charge in [-0.3, -0.25) is 9.89 Å². The maximum Gasteiger partial charge on any atom is 0.403 e. The number of guanidine groups is 1. The second-order valence-corrected chi connectivity index (χ2v) is 7.80. The van der Waals surface area contributed by atoms with Gasteiger partial charge in [-0.25, -0.2) is 0 Å². The van der Waals surface area contributed by atoms with E-state index in [9.17, 15) is 13.2 Å². The number of nitrogens with one attached hydrogen (secondary N) is 1. The molecule has 0 radical (unpaired) electrons. The highest BCUT2D eigenvalue weighted by atomic mass is 19.4. The number of nitrogens with zero attached hydrogens (tertiary/aromatic N) is 3. The van der Waals surface area contributed by atoms with E-state index in [-0.39, 0.29) is 5.41 Å². The first kappa shape index (κ1) is 22.3. The number of alkyl halides is 3. The van der Waals surface area contributed by atoms with Crippen molar-refractivity contribution >= 4 is 5.96 Å². The predicted molar refractivity (Wildman–Crippen MR) is 102 cm³/mol. The summed E-state index contributed by atoms with van der Waals surface area (Å²) in [4.78, 5) is 7.96. The summed E-state index contributed by atoms with van der Waals surface area (Å²) in [7, 11) is 1.74. The van der Waals surface area contributed by atoms with Crippen molar-refractivity contribution in [2.45, 2.75) is 58.2 Å². The summed E-state index contributed by atoms with van der Waals surface area (Å²) in [6.07, 6.45) is 1.77. The van der Waals surface area contributed by atoms with Crippen LogP contribution in [0.5, 0.6) is 0 Å². The number of aliphatic imine (C=N–C) groups is 1. The van der Waals surface area contributed by atoms with Crippen molar-refractivity contribution in [3.63, 3.8) is 0 Å². The van der Waals surface area contributed by atoms with Crippen LogP contribution in [0.4, 0.5) is 13.2 Å². The van der Waals surface area contributed by atoms with Gasteiger partial charge in [0.1, 0.15) is 6.04 Å². The van der Waals surface area contributed by atoms with Gasteiger partial charge in [0.15, 0.2) is 5.96 Å². The number of hydrogen-bond donors (Lipinski definition) is 1. The van der Waals surface area contributed by atoms with E-state index in [1.54, 1.807) is 7.05 Å². The molecule has 0 aromatic heterocycles. The van der Waals surface area contributed by atoms with Crippen molar-refractivity contribution in [2.75, 3.05) is 53.0 Å². The highest BCUT2D eigenvalue weighted by Gasteiger charge is 2.41. The van der Waals surface area contributed by atoms with Gasteiger partial charge in [0, 0.05) is 53.0 Å². The molecule has 1 aliphatic carbocycles. The standard InChI is InChI=1S/C19H35F3N4O/c1-4-27-14-9-18(7-5-6-8-18)15-24-17(23-3)26-12-10-25(11-13-26)16(2)19(20,21)22/h16H,4-15H2,1-3H3,(H,23,24). The zero-order valence-corrected chi connectivity index (χ0v) is 16.9. The molecule has 1 saturated heterocycles. The Bertz CT molecular complexity index is 470. The van der Waals surface area contributed by atoms with Gasteiger partial charge in [-0.15, -0.1) is 0 Å². The Balaban J connectivity index is 1.85. The number of ether oxygens (including phenoxy) is 1. The largest absolute Gasteiger partial charge is 0.403 e. The molecule has 2 fully saturated rings. The smallest absolute Gasteiger partial charge is 0.382 e. The molecule has 2 rings (SSSR count). The summed E-state index contributed by atoms with van der Waals surface area (Å²) in [5.74, 6) is 0.803. The van der Waals surface area contributed by atoms with Gasteiger partial charge in [-0.05, 0) is 38.5 Å². The van der Waals surface area contributed by atoms with Gasteiger partial charge in [0.05, 0.1) is 0 Å². The second-order valence-electron chi connectivity index (χ2n) is 7.80. The van der Waals surface area contributed by atoms with E-state index in [4.69, 9.17) is 4.74 Å². The number of halogens is 3. The van der Waals surface area contributed by atoms with Crippen LogP contribution in [0.1, 0.15) is 46.0 Å². The van der Waals surface area contributed by atoms with Crippen LogP contribution in [0.15, 0.2) is 4.99 Å². The van der Waals surface area contributed by atoms with Crippen molar-refractivity contribution in [2.24, 2.45) is 10.4 Å². The highest BCUT2D eigenvalue weighted by Crippen LogP contribution is 2.40. The first-order valence-corrected chi connectivity index (χ1v) is 10.2. The molecule has 8 heteroatoms. The minimum Gasteiger partial charge on any atom is -0.382 e. The Morgan fingerprint density at radius 3 is 2.33 bits per heavy atom. The zero-order chi connectivity index (χ0) is 19.9. The maximum atomic E-state index is 12.9. The lowest BCUT2D eigenvalue weighted by Gasteiger charge is -2.40. The van der Waals surface area contributed by atoms with Gasteiger partial charge < -0.3 is 15.0 Å². The summed E-state index contributed by atoms with van der Waals surface area (Å²) in [5, 5.41) is 3.50. The highest BCUT2D eigenvalue weighted by molar-refractivity contribution is 5.80. The molecule has 1 atom stereocenters. The van der Waals surface area contributed by atoms with Crippen molar-refractivity contribution < 1.29 is 17.9 Å². The average Bonchev–Trinajstić information content (AvgIpc) is 3.11. The van der Waals surface area contributed by atoms with Crippen molar-refractivity contribution in [1.82, 2.24) is 15.1 Å². The molecular weight excluding hydrogens is 357 g/mol. The lowest BCUT2D eigenvalue weighted by atomic mass is 9.83. The molecule has 5 nitrogen and oxygen atoms in total. The van der Waals surface area contributed by atoms with Crippen LogP contribution in [0, 0.1) is 5.41 Å². The molecular formula is C19H35F3N4O. The normalized spacial score (nSPS) is 22.9. The predicted octanol–water partition coefficient (Wildman–Crippen LogP) is 3.12. The van der Waals surface area contributed by atoms with Crippen LogP contribution in [0.25, 0.3) is 0 Å². The molecule has 0 aromatic rings. The average molecular weight is 393 g/mol. The minimum absolute atomic E-state index is 0.248. The molecule has 1 N–H and O–H groups in total. The van der Waals surface area contributed by atoms with Gasteiger partial charge in [-0.2, -0.15) is 13.2 Å².